The van der Waals surface area contributed by atoms with Gasteiger partial charge in [0.25, 0.3) is 0 Å². The maximum atomic E-state index is 14.2. The van der Waals surface area contributed by atoms with Crippen molar-refractivity contribution in [2.75, 3.05) is 32.8 Å². The zero-order chi connectivity index (χ0) is 71.4. The topological polar surface area (TPSA) is 573 Å². The molecule has 526 valence electrons. The van der Waals surface area contributed by atoms with Gasteiger partial charge in [0.1, 0.15) is 78.1 Å². The average Bonchev–Trinajstić information content (AvgIpc) is 1.78. The van der Waals surface area contributed by atoms with Gasteiger partial charge < -0.3 is 106 Å². The molecule has 13 amide bonds. The average molecular weight is 1340 g/mol. The maximum Gasteiger partial charge on any atom is 0.248 e. The van der Waals surface area contributed by atoms with Crippen LogP contribution in [0.5, 0.6) is 11.5 Å². The Hall–Kier alpha value is -9.74. The quantitative estimate of drug-likeness (QED) is 0.0128. The van der Waals surface area contributed by atoms with Crippen LogP contribution in [-0.4, -0.2) is 219 Å². The molecule has 24 N–H and O–H groups in total. The van der Waals surface area contributed by atoms with Crippen molar-refractivity contribution >= 4 is 82.8 Å². The molecule has 95 heavy (non-hydrogen) atoms. The number of rotatable bonds is 39. The molecule has 1 heterocycles. The van der Waals surface area contributed by atoms with Crippen molar-refractivity contribution in [1.82, 2.24) is 68.7 Å². The standard InChI is InChI=1S/C60H93N17O18/c1-29(2)22-39(69-33(7)80)53(89)73-41(24-35-14-18-37(82)19-15-35)55(91)71-38(10-8-20-65-60(63)64)52(88)67-31(5)50(86)72-42(25-46(61)83)56(92)76-48(30(3)4)58(94)68-32(6)51(87)75-44(28-79)59(95)77-21-9-11-45(77)57(93)66-26-47(84)70-40(23-34-12-16-36(81)17-13-34)54(90)74-43(27-78)49(62)85/h12-19,29-32,38-45,47-48,70,78-79,81-82,84H,8-11,20-28H2,1-7H3,(H2,61,83)(H2,62,85)(H,66,93)(H,67,88)(H,68,94)(H,69,80)(H,71,91)(H,72,86)(H,73,89)(H,74,90)(H,75,87)(H,76,92)(H4,63,64,65)/t31-,32-,38-,39-,40-,41-,42-,43-,44-,45-,47?,48-/m0/s1. The van der Waals surface area contributed by atoms with Gasteiger partial charge in [0.05, 0.1) is 32.2 Å². The predicted molar refractivity (Wildman–Crippen MR) is 339 cm³/mol. The molecule has 12 atom stereocenters. The molecule has 0 aliphatic carbocycles. The number of nitrogens with two attached hydrogens (primary N) is 3. The monoisotopic (exact) mass is 1340 g/mol. The lowest BCUT2D eigenvalue weighted by molar-refractivity contribution is -0.143. The second-order valence-corrected chi connectivity index (χ2v) is 23.7. The molecular weight excluding hydrogens is 1250 g/mol. The summed E-state index contributed by atoms with van der Waals surface area (Å²) in [4.78, 5) is 175. The Balaban J connectivity index is 1.71. The Morgan fingerprint density at radius 1 is 0.568 bits per heavy atom. The summed E-state index contributed by atoms with van der Waals surface area (Å²) in [5, 5.41) is 87.7. The van der Waals surface area contributed by atoms with Gasteiger partial charge in [0.2, 0.25) is 76.8 Å². The Labute approximate surface area is 548 Å². The minimum absolute atomic E-state index is 0.00244. The van der Waals surface area contributed by atoms with Crippen molar-refractivity contribution in [3.8, 4) is 11.5 Å². The molecule has 0 spiro atoms. The summed E-state index contributed by atoms with van der Waals surface area (Å²) in [6, 6.07) is -4.24. The molecule has 1 aliphatic heterocycles. The largest absolute Gasteiger partial charge is 0.508 e. The van der Waals surface area contributed by atoms with E-state index in [1.165, 1.54) is 83.1 Å². The van der Waals surface area contributed by atoms with Crippen molar-refractivity contribution in [3.05, 3.63) is 59.7 Å². The summed E-state index contributed by atoms with van der Waals surface area (Å²) >= 11 is 0. The normalized spacial score (nSPS) is 16.2. The summed E-state index contributed by atoms with van der Waals surface area (Å²) in [5.74, 6) is -13.1. The van der Waals surface area contributed by atoms with Crippen LogP contribution in [-0.2, 0) is 75.2 Å². The van der Waals surface area contributed by atoms with E-state index in [1.54, 1.807) is 0 Å². The van der Waals surface area contributed by atoms with E-state index in [1.807, 2.05) is 13.8 Å². The number of hydrogen-bond donors (Lipinski definition) is 21. The predicted octanol–water partition coefficient (Wildman–Crippen LogP) is -7.00. The van der Waals surface area contributed by atoms with Crippen molar-refractivity contribution in [1.29, 1.82) is 5.41 Å². The van der Waals surface area contributed by atoms with Gasteiger partial charge in [0, 0.05) is 26.4 Å². The molecule has 35 heteroatoms. The van der Waals surface area contributed by atoms with Gasteiger partial charge in [-0.15, -0.1) is 0 Å². The highest BCUT2D eigenvalue weighted by Gasteiger charge is 2.40. The first-order chi connectivity index (χ1) is 44.6. The van der Waals surface area contributed by atoms with Gasteiger partial charge >= 0.3 is 0 Å². The first-order valence-corrected chi connectivity index (χ1v) is 30.8. The molecular formula is C60H93N17O18. The van der Waals surface area contributed by atoms with Crippen LogP contribution in [0.15, 0.2) is 48.5 Å². The highest BCUT2D eigenvalue weighted by atomic mass is 16.3. The summed E-state index contributed by atoms with van der Waals surface area (Å²) in [5.41, 5.74) is 17.2. The number of benzene rings is 2. The number of carbonyl (C=O) groups is 13. The minimum atomic E-state index is -1.77. The van der Waals surface area contributed by atoms with Crippen molar-refractivity contribution in [2.45, 2.75) is 173 Å². The number of aliphatic hydroxyl groups is 3. The fourth-order valence-corrected chi connectivity index (χ4v) is 9.78. The molecule has 1 unspecified atom stereocenters. The fourth-order valence-electron chi connectivity index (χ4n) is 9.78. The summed E-state index contributed by atoms with van der Waals surface area (Å²) in [6.45, 7) is 8.05. The summed E-state index contributed by atoms with van der Waals surface area (Å²) < 4.78 is 0. The Morgan fingerprint density at radius 3 is 1.55 bits per heavy atom. The molecule has 0 bridgehead atoms. The van der Waals surface area contributed by atoms with Gasteiger partial charge in [-0.2, -0.15) is 0 Å². The van der Waals surface area contributed by atoms with Crippen LogP contribution < -0.4 is 81.0 Å². The van der Waals surface area contributed by atoms with Crippen molar-refractivity contribution < 1.29 is 87.9 Å². The maximum absolute atomic E-state index is 14.2. The molecule has 0 saturated carbocycles. The van der Waals surface area contributed by atoms with Gasteiger partial charge in [-0.3, -0.25) is 73.1 Å². The van der Waals surface area contributed by atoms with E-state index in [0.29, 0.717) is 17.5 Å². The van der Waals surface area contributed by atoms with E-state index in [4.69, 9.17) is 22.6 Å². The van der Waals surface area contributed by atoms with Crippen LogP contribution in [0.4, 0.5) is 0 Å². The zero-order valence-electron chi connectivity index (χ0n) is 54.1. The molecule has 0 aromatic heterocycles. The van der Waals surface area contributed by atoms with Crippen LogP contribution in [0.2, 0.25) is 0 Å². The first kappa shape index (κ1) is 79.5. The van der Waals surface area contributed by atoms with Crippen LogP contribution >= 0.6 is 0 Å². The summed E-state index contributed by atoms with van der Waals surface area (Å²) in [7, 11) is 0. The number of aromatic hydroxyl groups is 2. The van der Waals surface area contributed by atoms with Gasteiger partial charge in [-0.05, 0) is 99.6 Å². The van der Waals surface area contributed by atoms with E-state index in [9.17, 15) is 87.9 Å². The highest BCUT2D eigenvalue weighted by Crippen LogP contribution is 2.20. The Kier molecular flexibility index (Phi) is 32.7. The van der Waals surface area contributed by atoms with E-state index in [0.717, 1.165) is 4.90 Å². The van der Waals surface area contributed by atoms with E-state index in [2.05, 4.69) is 63.8 Å². The number of nitrogens with one attached hydrogen (secondary N) is 13. The van der Waals surface area contributed by atoms with Gasteiger partial charge in [-0.1, -0.05) is 52.0 Å². The van der Waals surface area contributed by atoms with E-state index >= 15 is 0 Å². The third-order valence-electron chi connectivity index (χ3n) is 14.9. The number of hydrogen-bond acceptors (Lipinski definition) is 20. The summed E-state index contributed by atoms with van der Waals surface area (Å²) in [6.07, 6.45) is -2.12. The lowest BCUT2D eigenvalue weighted by Crippen LogP contribution is -2.61. The molecule has 35 nitrogen and oxygen atoms in total. The van der Waals surface area contributed by atoms with Crippen molar-refractivity contribution in [3.63, 3.8) is 0 Å². The van der Waals surface area contributed by atoms with Gasteiger partial charge in [-0.25, -0.2) is 0 Å². The number of nitrogens with zero attached hydrogens (tertiary/aromatic N) is 1. The molecule has 2 aromatic rings. The number of likely N-dealkylation sites (tertiary alicyclic amines) is 1. The van der Waals surface area contributed by atoms with Gasteiger partial charge in [0.15, 0.2) is 5.96 Å². The second-order valence-electron chi connectivity index (χ2n) is 23.7. The number of phenols is 2. The minimum Gasteiger partial charge on any atom is -0.508 e. The van der Waals surface area contributed by atoms with Crippen LogP contribution in [0.1, 0.15) is 98.1 Å². The number of amides is 13. The molecule has 1 aliphatic rings. The molecule has 2 aromatic carbocycles. The van der Waals surface area contributed by atoms with Crippen LogP contribution in [0.3, 0.4) is 0 Å². The van der Waals surface area contributed by atoms with E-state index < -0.39 is 182 Å². The lowest BCUT2D eigenvalue weighted by Gasteiger charge is -2.29. The van der Waals surface area contributed by atoms with Crippen LogP contribution in [0, 0.1) is 17.2 Å². The first-order valence-electron chi connectivity index (χ1n) is 30.8. The smallest absolute Gasteiger partial charge is 0.248 e. The third-order valence-corrected chi connectivity index (χ3v) is 14.9. The number of guanidine groups is 1. The molecule has 0 radical (unpaired) electrons. The number of primary amides is 2. The molecule has 1 saturated heterocycles. The number of phenolic OH excluding ortho intramolecular Hbond substituents is 2. The SMILES string of the molecule is CC(=O)N[C@@H](CC(C)C)C(=O)N[C@@H](Cc1ccc(O)cc1)C(=O)N[C@@H](CCCNC(=N)N)C(=O)N[C@@H](C)C(=O)N[C@@H](CC(N)=O)C(=O)N[C@H](C(=O)N[C@@H](C)C(=O)N[C@@H](CO)C(=O)N1CCC[C@H]1C(=O)NCC(O)N[C@@H](Cc1ccc(O)cc1)C(=O)N[C@@H](CO)C(N)=O)C(C)C. The van der Waals surface area contributed by atoms with Crippen molar-refractivity contribution in [2.24, 2.45) is 29.0 Å². The second kappa shape index (κ2) is 39.1. The van der Waals surface area contributed by atoms with E-state index in [-0.39, 0.29) is 75.0 Å². The number of aliphatic hydroxyl groups excluding tert-OH is 3. The molecule has 3 rings (SSSR count). The van der Waals surface area contributed by atoms with Crippen LogP contribution in [0.25, 0.3) is 0 Å². The third kappa shape index (κ3) is 27.4. The Bertz CT molecular complexity index is 3010. The molecule has 1 fully saturated rings. The lowest BCUT2D eigenvalue weighted by atomic mass is 10.0. The zero-order valence-corrected chi connectivity index (χ0v) is 54.1. The fraction of sp³-hybridized carbons (Fsp3) is 0.567. The highest BCUT2D eigenvalue weighted by molar-refractivity contribution is 5.99. The Morgan fingerprint density at radius 2 is 1.04 bits per heavy atom. The number of carbonyl (C=O) groups excluding carboxylic acids is 13.